The van der Waals surface area contributed by atoms with Crippen molar-refractivity contribution in [3.05, 3.63) is 12.5 Å². The van der Waals surface area contributed by atoms with Crippen molar-refractivity contribution in [2.75, 3.05) is 6.54 Å². The van der Waals surface area contributed by atoms with Crippen LogP contribution in [-0.2, 0) is 17.1 Å². The highest BCUT2D eigenvalue weighted by molar-refractivity contribution is 7.89. The zero-order chi connectivity index (χ0) is 11.8. The van der Waals surface area contributed by atoms with Gasteiger partial charge >= 0.3 is 0 Å². The number of nitrogens with two attached hydrogens (primary N) is 1. The predicted molar refractivity (Wildman–Crippen MR) is 66.3 cm³/mol. The van der Waals surface area contributed by atoms with Gasteiger partial charge < -0.3 is 10.3 Å². The molecule has 0 saturated heterocycles. The van der Waals surface area contributed by atoms with Crippen LogP contribution in [0.25, 0.3) is 0 Å². The van der Waals surface area contributed by atoms with E-state index in [1.807, 2.05) is 0 Å². The highest BCUT2D eigenvalue weighted by Crippen LogP contribution is 2.32. The van der Waals surface area contributed by atoms with Gasteiger partial charge in [-0.25, -0.2) is 18.1 Å². The molecule has 1 aliphatic carbocycles. The summed E-state index contributed by atoms with van der Waals surface area (Å²) in [6, 6.07) is -0.160. The second-order valence-corrected chi connectivity index (χ2v) is 5.84. The molecule has 6 nitrogen and oxygen atoms in total. The molecule has 0 radical (unpaired) electrons. The predicted octanol–water partition coefficient (Wildman–Crippen LogP) is -0.142. The minimum absolute atomic E-state index is 0. The van der Waals surface area contributed by atoms with Crippen LogP contribution < -0.4 is 10.5 Å². The van der Waals surface area contributed by atoms with E-state index in [1.165, 1.54) is 12.5 Å². The molecule has 0 aliphatic heterocycles. The quantitative estimate of drug-likeness (QED) is 0.785. The van der Waals surface area contributed by atoms with Crippen molar-refractivity contribution in [3.63, 3.8) is 0 Å². The van der Waals surface area contributed by atoms with Crippen molar-refractivity contribution in [2.24, 2.45) is 18.7 Å². The molecule has 1 saturated carbocycles. The van der Waals surface area contributed by atoms with Crippen LogP contribution >= 0.6 is 12.4 Å². The molecule has 1 fully saturated rings. The van der Waals surface area contributed by atoms with Crippen molar-refractivity contribution >= 4 is 22.4 Å². The van der Waals surface area contributed by atoms with E-state index in [9.17, 15) is 8.42 Å². The standard InChI is InChI=1S/C9H16N4O2S.ClH/c1-13-5-9(11-6-13)16(14,15)12-8(4-10)7-2-3-7;/h5-8,12H,2-4,10H2,1H3;1H. The molecule has 1 aromatic rings. The van der Waals surface area contributed by atoms with Crippen molar-refractivity contribution in [2.45, 2.75) is 23.9 Å². The fourth-order valence-corrected chi connectivity index (χ4v) is 2.92. The average molecular weight is 281 g/mol. The van der Waals surface area contributed by atoms with E-state index < -0.39 is 10.0 Å². The number of halogens is 1. The number of sulfonamides is 1. The van der Waals surface area contributed by atoms with Crippen molar-refractivity contribution in [3.8, 4) is 0 Å². The highest BCUT2D eigenvalue weighted by atomic mass is 35.5. The topological polar surface area (TPSA) is 90.0 Å². The molecule has 3 N–H and O–H groups in total. The zero-order valence-electron chi connectivity index (χ0n) is 9.54. The van der Waals surface area contributed by atoms with Crippen LogP contribution in [0.1, 0.15) is 12.8 Å². The van der Waals surface area contributed by atoms with E-state index >= 15 is 0 Å². The minimum atomic E-state index is -3.52. The summed E-state index contributed by atoms with van der Waals surface area (Å²) in [6.07, 6.45) is 5.03. The first kappa shape index (κ1) is 14.4. The molecular weight excluding hydrogens is 264 g/mol. The molecule has 0 aromatic carbocycles. The van der Waals surface area contributed by atoms with E-state index in [4.69, 9.17) is 5.73 Å². The van der Waals surface area contributed by atoms with Gasteiger partial charge in [0, 0.05) is 25.8 Å². The molecule has 1 heterocycles. The molecule has 98 valence electrons. The number of nitrogens with one attached hydrogen (secondary N) is 1. The minimum Gasteiger partial charge on any atom is -0.339 e. The van der Waals surface area contributed by atoms with E-state index in [-0.39, 0.29) is 23.5 Å². The summed E-state index contributed by atoms with van der Waals surface area (Å²) in [5.41, 5.74) is 5.55. The number of aryl methyl sites for hydroxylation is 1. The molecule has 1 aromatic heterocycles. The van der Waals surface area contributed by atoms with Crippen molar-refractivity contribution in [1.82, 2.24) is 14.3 Å². The van der Waals surface area contributed by atoms with Gasteiger partial charge in [-0.15, -0.1) is 12.4 Å². The Kier molecular flexibility index (Phi) is 4.54. The normalized spacial score (nSPS) is 17.5. The van der Waals surface area contributed by atoms with E-state index in [0.717, 1.165) is 12.8 Å². The smallest absolute Gasteiger partial charge is 0.259 e. The second-order valence-electron chi connectivity index (χ2n) is 4.18. The largest absolute Gasteiger partial charge is 0.339 e. The highest BCUT2D eigenvalue weighted by Gasteiger charge is 2.33. The zero-order valence-corrected chi connectivity index (χ0v) is 11.2. The van der Waals surface area contributed by atoms with Gasteiger partial charge in [0.05, 0.1) is 6.33 Å². The monoisotopic (exact) mass is 280 g/mol. The third kappa shape index (κ3) is 3.41. The molecule has 2 rings (SSSR count). The Hall–Kier alpha value is -0.630. The lowest BCUT2D eigenvalue weighted by molar-refractivity contribution is 0.517. The van der Waals surface area contributed by atoms with Gasteiger partial charge in [-0.2, -0.15) is 0 Å². The molecule has 8 heteroatoms. The van der Waals surface area contributed by atoms with E-state index in [1.54, 1.807) is 11.6 Å². The van der Waals surface area contributed by atoms with Crippen LogP contribution in [0.3, 0.4) is 0 Å². The van der Waals surface area contributed by atoms with Crippen LogP contribution in [0, 0.1) is 5.92 Å². The summed E-state index contributed by atoms with van der Waals surface area (Å²) >= 11 is 0. The molecule has 1 unspecified atom stereocenters. The van der Waals surface area contributed by atoms with Gasteiger partial charge in [0.15, 0.2) is 5.03 Å². The first-order chi connectivity index (χ1) is 7.53. The molecule has 17 heavy (non-hydrogen) atoms. The van der Waals surface area contributed by atoms with Gasteiger partial charge in [0.25, 0.3) is 10.0 Å². The first-order valence-corrected chi connectivity index (χ1v) is 6.71. The Bertz CT molecular complexity index is 469. The Labute approximate surface area is 107 Å². The number of nitrogens with zero attached hydrogens (tertiary/aromatic N) is 2. The summed E-state index contributed by atoms with van der Waals surface area (Å²) in [5, 5.41) is 0.0501. The number of rotatable bonds is 5. The number of hydrogen-bond acceptors (Lipinski definition) is 4. The molecule has 0 amide bonds. The van der Waals surface area contributed by atoms with E-state index in [0.29, 0.717) is 12.5 Å². The summed E-state index contributed by atoms with van der Waals surface area (Å²) in [6.45, 7) is 0.330. The molecule has 1 atom stereocenters. The Morgan fingerprint density at radius 1 is 1.65 bits per heavy atom. The molecule has 0 spiro atoms. The van der Waals surface area contributed by atoms with Crippen LogP contribution in [0.15, 0.2) is 17.6 Å². The lowest BCUT2D eigenvalue weighted by Crippen LogP contribution is -2.41. The maximum absolute atomic E-state index is 11.9. The lowest BCUT2D eigenvalue weighted by Gasteiger charge is -2.14. The molecule has 1 aliphatic rings. The Morgan fingerprint density at radius 3 is 2.71 bits per heavy atom. The summed E-state index contributed by atoms with van der Waals surface area (Å²) in [4.78, 5) is 3.83. The van der Waals surface area contributed by atoms with Gasteiger partial charge in [0.2, 0.25) is 0 Å². The Balaban J connectivity index is 0.00000144. The third-order valence-electron chi connectivity index (χ3n) is 2.71. The third-order valence-corrected chi connectivity index (χ3v) is 4.08. The van der Waals surface area contributed by atoms with Crippen molar-refractivity contribution < 1.29 is 8.42 Å². The molecule has 0 bridgehead atoms. The summed E-state index contributed by atoms with van der Waals surface area (Å²) in [7, 11) is -1.79. The SMILES string of the molecule is Cl.Cn1cnc(S(=O)(=O)NC(CN)C2CC2)c1. The van der Waals surface area contributed by atoms with Gasteiger partial charge in [0.1, 0.15) is 0 Å². The maximum Gasteiger partial charge on any atom is 0.259 e. The number of hydrogen-bond donors (Lipinski definition) is 2. The maximum atomic E-state index is 11.9. The van der Waals surface area contributed by atoms with Gasteiger partial charge in [-0.05, 0) is 18.8 Å². The number of imidazole rings is 1. The summed E-state index contributed by atoms with van der Waals surface area (Å²) in [5.74, 6) is 0.392. The van der Waals surface area contributed by atoms with Crippen LogP contribution in [-0.4, -0.2) is 30.6 Å². The number of aromatic nitrogens is 2. The van der Waals surface area contributed by atoms with Crippen LogP contribution in [0.4, 0.5) is 0 Å². The average Bonchev–Trinajstić information content (AvgIpc) is 2.97. The second kappa shape index (κ2) is 5.34. The van der Waals surface area contributed by atoms with Gasteiger partial charge in [-0.1, -0.05) is 0 Å². The van der Waals surface area contributed by atoms with Crippen LogP contribution in [0.2, 0.25) is 0 Å². The fourth-order valence-electron chi connectivity index (χ4n) is 1.62. The van der Waals surface area contributed by atoms with Gasteiger partial charge in [-0.3, -0.25) is 0 Å². The Morgan fingerprint density at radius 2 is 2.29 bits per heavy atom. The summed E-state index contributed by atoms with van der Waals surface area (Å²) < 4.78 is 28.0. The van der Waals surface area contributed by atoms with Crippen LogP contribution in [0.5, 0.6) is 0 Å². The first-order valence-electron chi connectivity index (χ1n) is 5.23. The van der Waals surface area contributed by atoms with E-state index in [2.05, 4.69) is 9.71 Å². The lowest BCUT2D eigenvalue weighted by atomic mass is 10.2. The molecular formula is C9H17ClN4O2S. The van der Waals surface area contributed by atoms with Crippen molar-refractivity contribution in [1.29, 1.82) is 0 Å². The fraction of sp³-hybridized carbons (Fsp3) is 0.667.